The second-order valence-electron chi connectivity index (χ2n) is 6.25. The number of amides is 1. The van der Waals surface area contributed by atoms with E-state index in [1.807, 2.05) is 4.90 Å². The first-order valence-corrected chi connectivity index (χ1v) is 8.98. The molecule has 1 amide bonds. The van der Waals surface area contributed by atoms with Gasteiger partial charge in [-0.2, -0.15) is 0 Å². The van der Waals surface area contributed by atoms with Gasteiger partial charge in [-0.25, -0.2) is 0 Å². The number of piperazine rings is 1. The van der Waals surface area contributed by atoms with Crippen LogP contribution in [0.2, 0.25) is 0 Å². The van der Waals surface area contributed by atoms with E-state index in [0.29, 0.717) is 6.42 Å². The molecule has 2 N–H and O–H groups in total. The molecule has 5 heteroatoms. The average molecular weight is 366 g/mol. The molecule has 1 aliphatic carbocycles. The fraction of sp³-hybridized carbons (Fsp3) is 0.588. The summed E-state index contributed by atoms with van der Waals surface area (Å²) in [5.74, 6) is 0.277. The summed E-state index contributed by atoms with van der Waals surface area (Å²) in [6.07, 6.45) is 4.18. The lowest BCUT2D eigenvalue weighted by molar-refractivity contribution is -0.131. The van der Waals surface area contributed by atoms with Crippen molar-refractivity contribution in [3.05, 3.63) is 34.3 Å². The number of hydrogen-bond donors (Lipinski definition) is 2. The topological polar surface area (TPSA) is 44.4 Å². The predicted octanol–water partition coefficient (Wildman–Crippen LogP) is 2.24. The van der Waals surface area contributed by atoms with Gasteiger partial charge in [-0.15, -0.1) is 0 Å². The Hall–Kier alpha value is -0.910. The number of carbonyl (C=O) groups excluding carboxylic acids is 1. The van der Waals surface area contributed by atoms with Crippen LogP contribution in [0.4, 0.5) is 0 Å². The van der Waals surface area contributed by atoms with Crippen LogP contribution in [-0.2, 0) is 10.3 Å². The average Bonchev–Trinajstić information content (AvgIpc) is 2.52. The van der Waals surface area contributed by atoms with Gasteiger partial charge < -0.3 is 15.5 Å². The van der Waals surface area contributed by atoms with Crippen molar-refractivity contribution in [1.82, 2.24) is 15.5 Å². The van der Waals surface area contributed by atoms with E-state index >= 15 is 0 Å². The van der Waals surface area contributed by atoms with Gasteiger partial charge in [0, 0.05) is 49.2 Å². The molecule has 1 heterocycles. The van der Waals surface area contributed by atoms with Crippen molar-refractivity contribution in [2.45, 2.75) is 31.2 Å². The van der Waals surface area contributed by atoms with Crippen LogP contribution < -0.4 is 10.6 Å². The van der Waals surface area contributed by atoms with Crippen LogP contribution in [0.25, 0.3) is 0 Å². The molecule has 120 valence electrons. The minimum absolute atomic E-state index is 0.0877. The molecule has 1 saturated heterocycles. The van der Waals surface area contributed by atoms with Crippen LogP contribution >= 0.6 is 15.9 Å². The third kappa shape index (κ3) is 3.53. The van der Waals surface area contributed by atoms with Crippen molar-refractivity contribution < 1.29 is 4.79 Å². The van der Waals surface area contributed by atoms with E-state index in [1.165, 1.54) is 12.0 Å². The summed E-state index contributed by atoms with van der Waals surface area (Å²) in [5, 5.41) is 6.94. The Balaban J connectivity index is 1.52. The van der Waals surface area contributed by atoms with Crippen molar-refractivity contribution in [3.63, 3.8) is 0 Å². The maximum absolute atomic E-state index is 12.2. The van der Waals surface area contributed by atoms with E-state index in [4.69, 9.17) is 0 Å². The summed E-state index contributed by atoms with van der Waals surface area (Å²) in [5.41, 5.74) is 1.43. The summed E-state index contributed by atoms with van der Waals surface area (Å²) >= 11 is 3.49. The van der Waals surface area contributed by atoms with E-state index in [9.17, 15) is 4.79 Å². The molecule has 0 bridgehead atoms. The monoisotopic (exact) mass is 365 g/mol. The Bertz CT molecular complexity index is 507. The lowest BCUT2D eigenvalue weighted by atomic mass is 9.72. The van der Waals surface area contributed by atoms with Gasteiger partial charge in [-0.1, -0.05) is 28.1 Å². The first-order chi connectivity index (χ1) is 10.7. The quantitative estimate of drug-likeness (QED) is 0.840. The van der Waals surface area contributed by atoms with Gasteiger partial charge in [0.2, 0.25) is 5.91 Å². The Kier molecular flexibility index (Phi) is 5.16. The summed E-state index contributed by atoms with van der Waals surface area (Å²) < 4.78 is 1.11. The first kappa shape index (κ1) is 16.0. The van der Waals surface area contributed by atoms with Crippen molar-refractivity contribution in [1.29, 1.82) is 0 Å². The molecule has 22 heavy (non-hydrogen) atoms. The summed E-state index contributed by atoms with van der Waals surface area (Å²) in [4.78, 5) is 14.2. The van der Waals surface area contributed by atoms with Crippen molar-refractivity contribution >= 4 is 21.8 Å². The number of rotatable bonds is 5. The van der Waals surface area contributed by atoms with Gasteiger partial charge in [-0.3, -0.25) is 4.79 Å². The minimum Gasteiger partial charge on any atom is -0.340 e. The minimum atomic E-state index is 0.0877. The van der Waals surface area contributed by atoms with Crippen LogP contribution in [0.3, 0.4) is 0 Å². The van der Waals surface area contributed by atoms with Crippen LogP contribution in [0.5, 0.6) is 0 Å². The molecule has 2 fully saturated rings. The zero-order chi connectivity index (χ0) is 15.4. The highest BCUT2D eigenvalue weighted by molar-refractivity contribution is 9.10. The molecular weight excluding hydrogens is 342 g/mol. The normalized spacial score (nSPS) is 20.5. The van der Waals surface area contributed by atoms with E-state index in [2.05, 4.69) is 50.8 Å². The number of hydrogen-bond acceptors (Lipinski definition) is 3. The maximum Gasteiger partial charge on any atom is 0.223 e. The van der Waals surface area contributed by atoms with Gasteiger partial charge in [0.25, 0.3) is 0 Å². The standard InChI is InChI=1S/C17H24BrN3O/c18-15-4-2-14(3-5-15)17(7-1-8-17)20-9-6-16(22)21-12-10-19-11-13-21/h2-5,19-20H,1,6-13H2. The first-order valence-electron chi connectivity index (χ1n) is 8.19. The lowest BCUT2D eigenvalue weighted by Crippen LogP contribution is -2.50. The third-order valence-corrected chi connectivity index (χ3v) is 5.40. The zero-order valence-corrected chi connectivity index (χ0v) is 14.5. The predicted molar refractivity (Wildman–Crippen MR) is 91.7 cm³/mol. The fourth-order valence-corrected chi connectivity index (χ4v) is 3.61. The van der Waals surface area contributed by atoms with E-state index in [-0.39, 0.29) is 11.4 Å². The smallest absolute Gasteiger partial charge is 0.223 e. The molecule has 1 aromatic carbocycles. The summed E-state index contributed by atoms with van der Waals surface area (Å²) in [6, 6.07) is 8.58. The van der Waals surface area contributed by atoms with Gasteiger partial charge in [-0.05, 0) is 37.0 Å². The van der Waals surface area contributed by atoms with Gasteiger partial charge in [0.1, 0.15) is 0 Å². The molecule has 4 nitrogen and oxygen atoms in total. The molecule has 1 aromatic rings. The number of halogens is 1. The molecule has 2 aliphatic rings. The highest BCUT2D eigenvalue weighted by atomic mass is 79.9. The van der Waals surface area contributed by atoms with Crippen LogP contribution in [-0.4, -0.2) is 43.5 Å². The molecule has 0 aromatic heterocycles. The fourth-order valence-electron chi connectivity index (χ4n) is 3.35. The highest BCUT2D eigenvalue weighted by Gasteiger charge is 2.38. The second-order valence-corrected chi connectivity index (χ2v) is 7.17. The highest BCUT2D eigenvalue weighted by Crippen LogP contribution is 2.41. The van der Waals surface area contributed by atoms with Crippen molar-refractivity contribution in [3.8, 4) is 0 Å². The maximum atomic E-state index is 12.2. The third-order valence-electron chi connectivity index (χ3n) is 4.88. The van der Waals surface area contributed by atoms with E-state index in [0.717, 1.165) is 50.0 Å². The largest absolute Gasteiger partial charge is 0.340 e. The lowest BCUT2D eigenvalue weighted by Gasteiger charge is -2.43. The zero-order valence-electron chi connectivity index (χ0n) is 12.9. The summed E-state index contributed by atoms with van der Waals surface area (Å²) in [6.45, 7) is 4.29. The van der Waals surface area contributed by atoms with Crippen molar-refractivity contribution in [2.24, 2.45) is 0 Å². The Morgan fingerprint density at radius 1 is 1.23 bits per heavy atom. The number of nitrogens with one attached hydrogen (secondary N) is 2. The van der Waals surface area contributed by atoms with E-state index in [1.54, 1.807) is 0 Å². The van der Waals surface area contributed by atoms with Gasteiger partial charge in [0.05, 0.1) is 0 Å². The van der Waals surface area contributed by atoms with Crippen LogP contribution in [0.15, 0.2) is 28.7 Å². The molecule has 0 unspecified atom stereocenters. The van der Waals surface area contributed by atoms with E-state index < -0.39 is 0 Å². The molecule has 0 spiro atoms. The molecule has 0 radical (unpaired) electrons. The van der Waals surface area contributed by atoms with Crippen LogP contribution in [0.1, 0.15) is 31.2 Å². The SMILES string of the molecule is O=C(CCNC1(c2ccc(Br)cc2)CCC1)N1CCNCC1. The number of nitrogens with zero attached hydrogens (tertiary/aromatic N) is 1. The summed E-state index contributed by atoms with van der Waals surface area (Å²) in [7, 11) is 0. The Morgan fingerprint density at radius 2 is 1.91 bits per heavy atom. The number of benzene rings is 1. The number of carbonyl (C=O) groups is 1. The molecular formula is C17H24BrN3O. The molecule has 3 rings (SSSR count). The second kappa shape index (κ2) is 7.11. The Morgan fingerprint density at radius 3 is 2.50 bits per heavy atom. The molecule has 1 saturated carbocycles. The van der Waals surface area contributed by atoms with Gasteiger partial charge >= 0.3 is 0 Å². The Labute approximate surface area is 140 Å². The molecule has 1 aliphatic heterocycles. The molecule has 0 atom stereocenters. The van der Waals surface area contributed by atoms with Crippen molar-refractivity contribution in [2.75, 3.05) is 32.7 Å². The van der Waals surface area contributed by atoms with Crippen LogP contribution in [0, 0.1) is 0 Å². The van der Waals surface area contributed by atoms with Gasteiger partial charge in [0.15, 0.2) is 0 Å².